The molecule has 142 valence electrons. The minimum absolute atomic E-state index is 0.0510. The number of Topliss-reactive ketones (excluding diaryl/α,β-unsaturated/α-hetero) is 2. The van der Waals surface area contributed by atoms with Crippen LogP contribution in [0.3, 0.4) is 0 Å². The molecule has 2 rings (SSSR count). The SMILES string of the molecule is CCOC(OCC)[Si]CCCNC1=C(C#N)C(=O)c2c(N)cccc2C1=O. The first-order valence-electron chi connectivity index (χ1n) is 8.87. The summed E-state index contributed by atoms with van der Waals surface area (Å²) in [6.45, 7) is 5.49. The van der Waals surface area contributed by atoms with E-state index in [1.165, 1.54) is 0 Å². The number of allylic oxidation sites excluding steroid dienone is 2. The number of nitrogens with one attached hydrogen (secondary N) is 1. The summed E-state index contributed by atoms with van der Waals surface area (Å²) in [7, 11) is 0.474. The fourth-order valence-electron chi connectivity index (χ4n) is 2.77. The number of benzene rings is 1. The van der Waals surface area contributed by atoms with Crippen molar-refractivity contribution in [1.82, 2.24) is 5.32 Å². The molecule has 7 nitrogen and oxygen atoms in total. The van der Waals surface area contributed by atoms with E-state index in [1.54, 1.807) is 18.2 Å². The van der Waals surface area contributed by atoms with Crippen LogP contribution in [0.4, 0.5) is 5.69 Å². The third-order valence-corrected chi connectivity index (χ3v) is 5.30. The van der Waals surface area contributed by atoms with E-state index in [-0.39, 0.29) is 39.8 Å². The van der Waals surface area contributed by atoms with Gasteiger partial charge in [-0.15, -0.1) is 0 Å². The Labute approximate surface area is 161 Å². The first kappa shape index (κ1) is 20.8. The van der Waals surface area contributed by atoms with E-state index in [1.807, 2.05) is 19.9 Å². The van der Waals surface area contributed by atoms with Crippen LogP contribution < -0.4 is 11.1 Å². The highest BCUT2D eigenvalue weighted by Crippen LogP contribution is 2.28. The van der Waals surface area contributed by atoms with Crippen molar-refractivity contribution >= 4 is 26.8 Å². The van der Waals surface area contributed by atoms with Crippen LogP contribution in [0.25, 0.3) is 0 Å². The number of anilines is 1. The lowest BCUT2D eigenvalue weighted by Crippen LogP contribution is -2.31. The average molecular weight is 385 g/mol. The van der Waals surface area contributed by atoms with Crippen molar-refractivity contribution in [3.8, 4) is 6.07 Å². The number of fused-ring (bicyclic) bond motifs is 1. The van der Waals surface area contributed by atoms with E-state index < -0.39 is 5.78 Å². The first-order chi connectivity index (χ1) is 13.0. The number of nitriles is 1. The van der Waals surface area contributed by atoms with E-state index in [9.17, 15) is 14.9 Å². The third kappa shape index (κ3) is 4.83. The number of ketones is 2. The van der Waals surface area contributed by atoms with E-state index in [2.05, 4.69) is 5.32 Å². The summed E-state index contributed by atoms with van der Waals surface area (Å²) in [6, 6.07) is 7.42. The summed E-state index contributed by atoms with van der Waals surface area (Å²) < 4.78 is 11.0. The topological polar surface area (TPSA) is 114 Å². The fraction of sp³-hybridized carbons (Fsp3) is 0.421. The zero-order valence-corrected chi connectivity index (χ0v) is 16.5. The van der Waals surface area contributed by atoms with Crippen LogP contribution in [0, 0.1) is 11.3 Å². The second-order valence-electron chi connectivity index (χ2n) is 5.77. The van der Waals surface area contributed by atoms with Gasteiger partial charge in [0.25, 0.3) is 0 Å². The van der Waals surface area contributed by atoms with Crippen molar-refractivity contribution < 1.29 is 19.1 Å². The molecule has 0 spiro atoms. The van der Waals surface area contributed by atoms with E-state index in [0.717, 1.165) is 12.5 Å². The Morgan fingerprint density at radius 1 is 1.22 bits per heavy atom. The van der Waals surface area contributed by atoms with Gasteiger partial charge < -0.3 is 20.5 Å². The molecule has 0 aliphatic heterocycles. The van der Waals surface area contributed by atoms with Gasteiger partial charge in [-0.3, -0.25) is 9.59 Å². The maximum absolute atomic E-state index is 12.7. The highest BCUT2D eigenvalue weighted by molar-refractivity contribution is 6.36. The number of nitrogens with zero attached hydrogens (tertiary/aromatic N) is 1. The largest absolute Gasteiger partial charge is 0.398 e. The zero-order valence-electron chi connectivity index (χ0n) is 15.5. The molecule has 0 heterocycles. The van der Waals surface area contributed by atoms with Crippen LogP contribution in [0.2, 0.25) is 6.04 Å². The van der Waals surface area contributed by atoms with Gasteiger partial charge in [-0.25, -0.2) is 0 Å². The Morgan fingerprint density at radius 3 is 2.56 bits per heavy atom. The molecular weight excluding hydrogens is 362 g/mol. The normalized spacial score (nSPS) is 13.7. The Kier molecular flexibility index (Phi) is 7.73. The quantitative estimate of drug-likeness (QED) is 0.273. The van der Waals surface area contributed by atoms with Crippen molar-refractivity contribution in [1.29, 1.82) is 5.26 Å². The van der Waals surface area contributed by atoms with Gasteiger partial charge in [-0.05, 0) is 26.3 Å². The molecule has 0 aromatic heterocycles. The molecule has 8 heteroatoms. The molecule has 0 amide bonds. The van der Waals surface area contributed by atoms with Crippen LogP contribution in [0.1, 0.15) is 41.0 Å². The highest BCUT2D eigenvalue weighted by Gasteiger charge is 2.33. The van der Waals surface area contributed by atoms with Crippen molar-refractivity contribution in [2.45, 2.75) is 32.2 Å². The number of rotatable bonds is 10. The van der Waals surface area contributed by atoms with Crippen LogP contribution in [-0.4, -0.2) is 46.8 Å². The summed E-state index contributed by atoms with van der Waals surface area (Å²) >= 11 is 0. The smallest absolute Gasteiger partial charge is 0.211 e. The van der Waals surface area contributed by atoms with Crippen LogP contribution in [0.15, 0.2) is 29.5 Å². The molecular formula is C19H23N3O4Si. The molecule has 0 bridgehead atoms. The number of nitrogens with two attached hydrogens (primary N) is 1. The van der Waals surface area contributed by atoms with E-state index in [0.29, 0.717) is 29.3 Å². The highest BCUT2D eigenvalue weighted by atomic mass is 28.2. The van der Waals surface area contributed by atoms with E-state index >= 15 is 0 Å². The standard InChI is InChI=1S/C19H23N3O4Si/c1-3-25-19(26-4-2)27-10-6-9-22-16-13(11-20)17(23)15-12(18(16)24)7-5-8-14(15)21/h5,7-8,19,22H,3-4,6,9-10,21H2,1-2H3. The van der Waals surface area contributed by atoms with Crippen molar-refractivity contribution in [3.05, 3.63) is 40.6 Å². The summed E-state index contributed by atoms with van der Waals surface area (Å²) in [5.41, 5.74) is 6.24. The van der Waals surface area contributed by atoms with Crippen molar-refractivity contribution in [3.63, 3.8) is 0 Å². The molecule has 1 aliphatic rings. The van der Waals surface area contributed by atoms with Gasteiger partial charge in [0.2, 0.25) is 11.6 Å². The maximum Gasteiger partial charge on any atom is 0.211 e. The Bertz CT molecular complexity index is 780. The molecule has 0 saturated heterocycles. The third-order valence-electron chi connectivity index (χ3n) is 3.99. The molecule has 27 heavy (non-hydrogen) atoms. The minimum Gasteiger partial charge on any atom is -0.398 e. The molecule has 2 radical (unpaired) electrons. The summed E-state index contributed by atoms with van der Waals surface area (Å²) in [5.74, 6) is -1.10. The molecule has 1 aliphatic carbocycles. The number of ether oxygens (including phenoxy) is 2. The van der Waals surface area contributed by atoms with Gasteiger partial charge in [0.05, 0.1) is 5.56 Å². The van der Waals surface area contributed by atoms with Gasteiger partial charge in [0, 0.05) is 31.0 Å². The molecule has 0 unspecified atom stereocenters. The lowest BCUT2D eigenvalue weighted by Gasteiger charge is -2.20. The summed E-state index contributed by atoms with van der Waals surface area (Å²) in [5, 5.41) is 12.3. The monoisotopic (exact) mass is 385 g/mol. The van der Waals surface area contributed by atoms with Crippen LogP contribution in [0.5, 0.6) is 0 Å². The number of hydrogen-bond acceptors (Lipinski definition) is 7. The molecule has 0 saturated carbocycles. The van der Waals surface area contributed by atoms with Gasteiger partial charge in [-0.2, -0.15) is 5.26 Å². The lowest BCUT2D eigenvalue weighted by atomic mass is 9.86. The number of nitrogen functional groups attached to an aromatic ring is 1. The molecule has 1 aromatic carbocycles. The zero-order chi connectivity index (χ0) is 19.8. The van der Waals surface area contributed by atoms with Crippen molar-refractivity contribution in [2.75, 3.05) is 25.5 Å². The number of hydrogen-bond donors (Lipinski definition) is 2. The Hall–Kier alpha value is -2.47. The fourth-order valence-corrected chi connectivity index (χ4v) is 3.95. The van der Waals surface area contributed by atoms with Crippen LogP contribution in [-0.2, 0) is 9.47 Å². The first-order valence-corrected chi connectivity index (χ1v) is 10.2. The van der Waals surface area contributed by atoms with Gasteiger partial charge in [0.1, 0.15) is 32.8 Å². The Balaban J connectivity index is 2.00. The maximum atomic E-state index is 12.7. The average Bonchev–Trinajstić information content (AvgIpc) is 2.65. The van der Waals surface area contributed by atoms with Crippen LogP contribution >= 0.6 is 0 Å². The molecule has 3 N–H and O–H groups in total. The minimum atomic E-state index is -0.512. The van der Waals surface area contributed by atoms with E-state index in [4.69, 9.17) is 15.2 Å². The van der Waals surface area contributed by atoms with Gasteiger partial charge >= 0.3 is 0 Å². The number of carbonyl (C=O) groups excluding carboxylic acids is 2. The van der Waals surface area contributed by atoms with Crippen molar-refractivity contribution in [2.24, 2.45) is 0 Å². The Morgan fingerprint density at radius 2 is 1.93 bits per heavy atom. The summed E-state index contributed by atoms with van der Waals surface area (Å²) in [6.07, 6.45) is 0.753. The predicted molar refractivity (Wildman–Crippen MR) is 102 cm³/mol. The molecule has 0 atom stereocenters. The second kappa shape index (κ2) is 10.0. The molecule has 0 fully saturated rings. The number of carbonyl (C=O) groups is 2. The lowest BCUT2D eigenvalue weighted by molar-refractivity contribution is -0.0827. The van der Waals surface area contributed by atoms with Gasteiger partial charge in [0.15, 0.2) is 0 Å². The van der Waals surface area contributed by atoms with Gasteiger partial charge in [-0.1, -0.05) is 18.2 Å². The predicted octanol–water partition coefficient (Wildman–Crippen LogP) is 1.88. The second-order valence-corrected chi connectivity index (χ2v) is 7.15. The molecule has 1 aromatic rings. The summed E-state index contributed by atoms with van der Waals surface area (Å²) in [4.78, 5) is 25.3.